The van der Waals surface area contributed by atoms with Gasteiger partial charge in [0.1, 0.15) is 0 Å². The molecule has 1 aliphatic rings. The van der Waals surface area contributed by atoms with E-state index in [4.69, 9.17) is 0 Å². The van der Waals surface area contributed by atoms with E-state index in [0.29, 0.717) is 5.92 Å². The third-order valence-corrected chi connectivity index (χ3v) is 6.39. The Hall–Kier alpha value is -2.34. The molecule has 0 spiro atoms. The molecule has 0 aliphatic heterocycles. The number of rotatable bonds is 5. The zero-order valence-corrected chi connectivity index (χ0v) is 17.6. The smallest absolute Gasteiger partial charge is 0.00778 e. The standard InChI is InChI=1S/C28H32/c1-4-9-21-13-15-27-24(16-21)19-25(18-23-10-7-8-11-26(23)27)28-17-20(5-2)12-14-22(28)6-3/h7-8,10-17,25H,4-6,9,18-19H2,1-3H3. The van der Waals surface area contributed by atoms with Gasteiger partial charge in [-0.1, -0.05) is 87.9 Å². The summed E-state index contributed by atoms with van der Waals surface area (Å²) in [6.07, 6.45) is 6.87. The predicted octanol–water partition coefficient (Wildman–Crippen LogP) is 7.31. The average molecular weight is 369 g/mol. The monoisotopic (exact) mass is 368 g/mol. The Morgan fingerprint density at radius 1 is 0.714 bits per heavy atom. The highest BCUT2D eigenvalue weighted by Gasteiger charge is 2.24. The second-order valence-corrected chi connectivity index (χ2v) is 8.24. The minimum absolute atomic E-state index is 0.556. The minimum atomic E-state index is 0.556. The molecule has 0 bridgehead atoms. The zero-order valence-electron chi connectivity index (χ0n) is 17.6. The van der Waals surface area contributed by atoms with Gasteiger partial charge in [-0.2, -0.15) is 0 Å². The highest BCUT2D eigenvalue weighted by molar-refractivity contribution is 5.72. The van der Waals surface area contributed by atoms with Crippen LogP contribution in [0.5, 0.6) is 0 Å². The molecule has 1 aliphatic carbocycles. The van der Waals surface area contributed by atoms with E-state index in [0.717, 1.165) is 25.7 Å². The lowest BCUT2D eigenvalue weighted by Crippen LogP contribution is -2.09. The minimum Gasteiger partial charge on any atom is -0.0651 e. The first-order valence-electron chi connectivity index (χ1n) is 11.0. The summed E-state index contributed by atoms with van der Waals surface area (Å²) in [4.78, 5) is 0. The maximum Gasteiger partial charge on any atom is -0.00778 e. The van der Waals surface area contributed by atoms with Gasteiger partial charge in [0.15, 0.2) is 0 Å². The van der Waals surface area contributed by atoms with Crippen LogP contribution in [0.15, 0.2) is 60.7 Å². The molecule has 0 radical (unpaired) electrons. The fourth-order valence-corrected chi connectivity index (χ4v) is 4.87. The van der Waals surface area contributed by atoms with E-state index < -0.39 is 0 Å². The van der Waals surface area contributed by atoms with Gasteiger partial charge < -0.3 is 0 Å². The predicted molar refractivity (Wildman–Crippen MR) is 121 cm³/mol. The maximum absolute atomic E-state index is 2.49. The molecule has 0 heterocycles. The molecular weight excluding hydrogens is 336 g/mol. The van der Waals surface area contributed by atoms with Crippen LogP contribution in [0, 0.1) is 0 Å². The van der Waals surface area contributed by atoms with E-state index in [-0.39, 0.29) is 0 Å². The van der Waals surface area contributed by atoms with E-state index in [1.165, 1.54) is 51.8 Å². The van der Waals surface area contributed by atoms with Crippen molar-refractivity contribution in [3.05, 3.63) is 94.0 Å². The SMILES string of the molecule is CCCc1ccc2c(c1)CC(c1cc(CC)ccc1CC)Cc1ccccc1-2. The molecule has 0 saturated carbocycles. The van der Waals surface area contributed by atoms with Gasteiger partial charge in [-0.15, -0.1) is 0 Å². The lowest BCUT2D eigenvalue weighted by Gasteiger charge is -2.21. The quantitative estimate of drug-likeness (QED) is 0.443. The Labute approximate surface area is 170 Å². The van der Waals surface area contributed by atoms with Gasteiger partial charge in [-0.3, -0.25) is 0 Å². The number of aryl methyl sites for hydroxylation is 3. The Morgan fingerprint density at radius 2 is 1.46 bits per heavy atom. The van der Waals surface area contributed by atoms with Crippen molar-refractivity contribution in [3.63, 3.8) is 0 Å². The van der Waals surface area contributed by atoms with Crippen molar-refractivity contribution < 1.29 is 0 Å². The zero-order chi connectivity index (χ0) is 19.5. The first kappa shape index (κ1) is 19.0. The molecule has 0 nitrogen and oxygen atoms in total. The summed E-state index contributed by atoms with van der Waals surface area (Å²) in [6.45, 7) is 6.83. The van der Waals surface area contributed by atoms with Crippen LogP contribution in [0.1, 0.15) is 66.5 Å². The molecular formula is C28H32. The van der Waals surface area contributed by atoms with Crippen molar-refractivity contribution in [3.8, 4) is 11.1 Å². The van der Waals surface area contributed by atoms with Crippen LogP contribution >= 0.6 is 0 Å². The molecule has 1 atom stereocenters. The van der Waals surface area contributed by atoms with E-state index in [1.54, 1.807) is 5.56 Å². The number of hydrogen-bond acceptors (Lipinski definition) is 0. The summed E-state index contributed by atoms with van der Waals surface area (Å²) < 4.78 is 0. The van der Waals surface area contributed by atoms with Gasteiger partial charge in [0.2, 0.25) is 0 Å². The Bertz CT molecular complexity index is 964. The van der Waals surface area contributed by atoms with Crippen molar-refractivity contribution in [1.82, 2.24) is 0 Å². The summed E-state index contributed by atoms with van der Waals surface area (Å²) in [6, 6.07) is 23.5. The summed E-state index contributed by atoms with van der Waals surface area (Å²) in [5.74, 6) is 0.556. The maximum atomic E-state index is 2.49. The number of benzene rings is 3. The van der Waals surface area contributed by atoms with Gasteiger partial charge >= 0.3 is 0 Å². The first-order valence-corrected chi connectivity index (χ1v) is 11.0. The van der Waals surface area contributed by atoms with Crippen molar-refractivity contribution >= 4 is 0 Å². The van der Waals surface area contributed by atoms with Crippen LogP contribution in [0.2, 0.25) is 0 Å². The normalized spacial score (nSPS) is 15.6. The van der Waals surface area contributed by atoms with E-state index >= 15 is 0 Å². The van der Waals surface area contributed by atoms with Crippen LogP contribution < -0.4 is 0 Å². The molecule has 3 aromatic carbocycles. The summed E-state index contributed by atoms with van der Waals surface area (Å²) in [7, 11) is 0. The van der Waals surface area contributed by atoms with E-state index in [1.807, 2.05) is 0 Å². The number of fused-ring (bicyclic) bond motifs is 3. The fraction of sp³-hybridized carbons (Fsp3) is 0.357. The molecule has 144 valence electrons. The topological polar surface area (TPSA) is 0 Å². The summed E-state index contributed by atoms with van der Waals surface area (Å²) >= 11 is 0. The van der Waals surface area contributed by atoms with Crippen LogP contribution in [0.4, 0.5) is 0 Å². The third-order valence-electron chi connectivity index (χ3n) is 6.39. The van der Waals surface area contributed by atoms with Crippen molar-refractivity contribution in [2.45, 2.75) is 65.2 Å². The second kappa shape index (κ2) is 8.35. The molecule has 0 amide bonds. The molecule has 0 saturated heterocycles. The second-order valence-electron chi connectivity index (χ2n) is 8.24. The Kier molecular flexibility index (Phi) is 5.67. The lowest BCUT2D eigenvalue weighted by atomic mass is 9.84. The van der Waals surface area contributed by atoms with Gasteiger partial charge in [0.25, 0.3) is 0 Å². The van der Waals surface area contributed by atoms with Gasteiger partial charge in [-0.25, -0.2) is 0 Å². The highest BCUT2D eigenvalue weighted by Crippen LogP contribution is 2.39. The third kappa shape index (κ3) is 3.65. The molecule has 28 heavy (non-hydrogen) atoms. The Morgan fingerprint density at radius 3 is 2.25 bits per heavy atom. The van der Waals surface area contributed by atoms with E-state index in [9.17, 15) is 0 Å². The lowest BCUT2D eigenvalue weighted by molar-refractivity contribution is 0.678. The average Bonchev–Trinajstić information content (AvgIpc) is 2.90. The van der Waals surface area contributed by atoms with E-state index in [2.05, 4.69) is 81.4 Å². The molecule has 3 aromatic rings. The van der Waals surface area contributed by atoms with Crippen LogP contribution in [0.25, 0.3) is 11.1 Å². The summed E-state index contributed by atoms with van der Waals surface area (Å²) in [5.41, 5.74) is 12.0. The van der Waals surface area contributed by atoms with Gasteiger partial charge in [0.05, 0.1) is 0 Å². The fourth-order valence-electron chi connectivity index (χ4n) is 4.87. The van der Waals surface area contributed by atoms with Crippen molar-refractivity contribution in [2.24, 2.45) is 0 Å². The molecule has 0 aromatic heterocycles. The van der Waals surface area contributed by atoms with Crippen molar-refractivity contribution in [2.75, 3.05) is 0 Å². The Balaban J connectivity index is 1.85. The highest BCUT2D eigenvalue weighted by atomic mass is 14.3. The van der Waals surface area contributed by atoms with Gasteiger partial charge in [0, 0.05) is 0 Å². The van der Waals surface area contributed by atoms with Crippen LogP contribution in [0.3, 0.4) is 0 Å². The van der Waals surface area contributed by atoms with Gasteiger partial charge in [-0.05, 0) is 82.5 Å². The number of hydrogen-bond donors (Lipinski definition) is 0. The molecule has 4 rings (SSSR count). The molecule has 1 unspecified atom stereocenters. The summed E-state index contributed by atoms with van der Waals surface area (Å²) in [5, 5.41) is 0. The van der Waals surface area contributed by atoms with Crippen molar-refractivity contribution in [1.29, 1.82) is 0 Å². The largest absolute Gasteiger partial charge is 0.0651 e. The first-order chi connectivity index (χ1) is 13.7. The van der Waals surface area contributed by atoms with Crippen LogP contribution in [-0.2, 0) is 32.1 Å². The molecule has 0 heteroatoms. The molecule has 0 N–H and O–H groups in total. The van der Waals surface area contributed by atoms with Crippen LogP contribution in [-0.4, -0.2) is 0 Å². The molecule has 0 fully saturated rings.